The van der Waals surface area contributed by atoms with Crippen LogP contribution < -0.4 is 5.73 Å². The first kappa shape index (κ1) is 19.0. The van der Waals surface area contributed by atoms with Gasteiger partial charge < -0.3 is 10.6 Å². The Labute approximate surface area is 128 Å². The van der Waals surface area contributed by atoms with Crippen molar-refractivity contribution in [2.45, 2.75) is 57.7 Å². The predicted octanol–water partition coefficient (Wildman–Crippen LogP) is 1.65. The largest absolute Gasteiger partial charge is 0.337 e. The highest BCUT2D eigenvalue weighted by molar-refractivity contribution is 5.85. The van der Waals surface area contributed by atoms with Crippen LogP contribution in [0, 0.1) is 0 Å². The number of amides is 1. The van der Waals surface area contributed by atoms with E-state index in [1.807, 2.05) is 6.92 Å². The number of hydrogen-bond acceptors (Lipinski definition) is 3. The molecule has 0 aromatic carbocycles. The molecular weight excluding hydrogens is 285 g/mol. The Morgan fingerprint density at radius 3 is 2.63 bits per heavy atom. The minimum absolute atomic E-state index is 0. The molecule has 3 unspecified atom stereocenters. The Morgan fingerprint density at radius 2 is 2.00 bits per heavy atom. The Bertz CT molecular complexity index is 289. The molecule has 0 saturated carbocycles. The van der Waals surface area contributed by atoms with Crippen molar-refractivity contribution in [2.75, 3.05) is 19.6 Å². The number of hydrogen-bond donors (Lipinski definition) is 1. The molecule has 0 aromatic rings. The SMILES string of the molecule is CC(N)CC(=O)N1CC2CCCCN2CC1C.Cl.Cl. The van der Waals surface area contributed by atoms with Crippen molar-refractivity contribution in [1.29, 1.82) is 0 Å². The van der Waals surface area contributed by atoms with Gasteiger partial charge in [-0.25, -0.2) is 0 Å². The van der Waals surface area contributed by atoms with Crippen molar-refractivity contribution in [3.63, 3.8) is 0 Å². The molecular formula is C13H27Cl2N3O. The van der Waals surface area contributed by atoms with E-state index in [-0.39, 0.29) is 36.8 Å². The minimum atomic E-state index is -0.0286. The standard InChI is InChI=1S/C13H25N3O.2ClH/c1-10(14)7-13(17)16-9-12-5-3-4-6-15(12)8-11(16)2;;/h10-12H,3-9,14H2,1-2H3;2*1H. The summed E-state index contributed by atoms with van der Waals surface area (Å²) < 4.78 is 0. The third kappa shape index (κ3) is 4.78. The Kier molecular flexibility index (Phi) is 8.29. The van der Waals surface area contributed by atoms with Crippen LogP contribution in [0.3, 0.4) is 0 Å². The van der Waals surface area contributed by atoms with Crippen LogP contribution in [0.1, 0.15) is 39.5 Å². The molecule has 2 fully saturated rings. The van der Waals surface area contributed by atoms with E-state index in [0.29, 0.717) is 18.5 Å². The highest BCUT2D eigenvalue weighted by Crippen LogP contribution is 2.24. The van der Waals surface area contributed by atoms with Crippen molar-refractivity contribution in [1.82, 2.24) is 9.80 Å². The normalized spacial score (nSPS) is 28.7. The maximum atomic E-state index is 12.1. The Morgan fingerprint density at radius 1 is 1.32 bits per heavy atom. The van der Waals surface area contributed by atoms with Crippen LogP contribution in [-0.2, 0) is 4.79 Å². The second-order valence-corrected chi connectivity index (χ2v) is 5.72. The number of halogens is 2. The first-order valence-corrected chi connectivity index (χ1v) is 6.87. The average Bonchev–Trinajstić information content (AvgIpc) is 2.27. The van der Waals surface area contributed by atoms with Crippen LogP contribution in [-0.4, -0.2) is 53.5 Å². The number of nitrogens with zero attached hydrogens (tertiary/aromatic N) is 2. The van der Waals surface area contributed by atoms with Crippen LogP contribution in [0.15, 0.2) is 0 Å². The summed E-state index contributed by atoms with van der Waals surface area (Å²) in [6.45, 7) is 7.22. The molecule has 2 rings (SSSR count). The fraction of sp³-hybridized carbons (Fsp3) is 0.923. The first-order valence-electron chi connectivity index (χ1n) is 6.87. The number of carbonyl (C=O) groups excluding carboxylic acids is 1. The van der Waals surface area contributed by atoms with Gasteiger partial charge in [0.2, 0.25) is 5.91 Å². The molecule has 6 heteroatoms. The molecule has 2 aliphatic heterocycles. The number of carbonyl (C=O) groups is 1. The molecule has 0 aliphatic carbocycles. The summed E-state index contributed by atoms with van der Waals surface area (Å²) in [7, 11) is 0. The predicted molar refractivity (Wildman–Crippen MR) is 83.1 cm³/mol. The fourth-order valence-electron chi connectivity index (χ4n) is 3.09. The van der Waals surface area contributed by atoms with Crippen molar-refractivity contribution in [3.05, 3.63) is 0 Å². The molecule has 1 amide bonds. The van der Waals surface area contributed by atoms with Crippen LogP contribution in [0.4, 0.5) is 0 Å². The van der Waals surface area contributed by atoms with E-state index in [0.717, 1.165) is 13.1 Å². The van der Waals surface area contributed by atoms with E-state index in [9.17, 15) is 4.79 Å². The topological polar surface area (TPSA) is 49.6 Å². The maximum Gasteiger partial charge on any atom is 0.224 e. The third-order valence-corrected chi connectivity index (χ3v) is 4.00. The van der Waals surface area contributed by atoms with E-state index in [2.05, 4.69) is 16.7 Å². The van der Waals surface area contributed by atoms with Gasteiger partial charge >= 0.3 is 0 Å². The molecule has 0 radical (unpaired) electrons. The molecule has 0 spiro atoms. The number of piperidine rings is 1. The number of nitrogens with two attached hydrogens (primary N) is 1. The van der Waals surface area contributed by atoms with Gasteiger partial charge in [-0.05, 0) is 33.2 Å². The van der Waals surface area contributed by atoms with Crippen LogP contribution in [0.2, 0.25) is 0 Å². The smallest absolute Gasteiger partial charge is 0.224 e. The zero-order valence-corrected chi connectivity index (χ0v) is 13.5. The number of rotatable bonds is 2. The lowest BCUT2D eigenvalue weighted by molar-refractivity contribution is -0.138. The molecule has 2 saturated heterocycles. The summed E-state index contributed by atoms with van der Waals surface area (Å²) >= 11 is 0. The van der Waals surface area contributed by atoms with Gasteiger partial charge in [0.1, 0.15) is 0 Å². The van der Waals surface area contributed by atoms with Gasteiger partial charge in [-0.1, -0.05) is 6.42 Å². The lowest BCUT2D eigenvalue weighted by atomic mass is 9.96. The highest BCUT2D eigenvalue weighted by atomic mass is 35.5. The van der Waals surface area contributed by atoms with Crippen molar-refractivity contribution >= 4 is 30.7 Å². The first-order chi connectivity index (χ1) is 8.08. The Balaban J connectivity index is 0.00000162. The van der Waals surface area contributed by atoms with Gasteiger partial charge in [0, 0.05) is 37.6 Å². The summed E-state index contributed by atoms with van der Waals surface area (Å²) in [5.74, 6) is 0.234. The second-order valence-electron chi connectivity index (χ2n) is 5.72. The van der Waals surface area contributed by atoms with Gasteiger partial charge in [-0.3, -0.25) is 9.69 Å². The van der Waals surface area contributed by atoms with E-state index in [1.165, 1.54) is 25.8 Å². The molecule has 0 aromatic heterocycles. The quantitative estimate of drug-likeness (QED) is 0.843. The molecule has 2 aliphatic rings. The van der Waals surface area contributed by atoms with Crippen molar-refractivity contribution < 1.29 is 4.79 Å². The van der Waals surface area contributed by atoms with E-state index in [4.69, 9.17) is 5.73 Å². The summed E-state index contributed by atoms with van der Waals surface area (Å²) in [5.41, 5.74) is 5.72. The average molecular weight is 312 g/mol. The second kappa shape index (κ2) is 8.30. The van der Waals surface area contributed by atoms with Crippen LogP contribution in [0.5, 0.6) is 0 Å². The van der Waals surface area contributed by atoms with Crippen molar-refractivity contribution in [2.24, 2.45) is 5.73 Å². The number of fused-ring (bicyclic) bond motifs is 1. The zero-order chi connectivity index (χ0) is 12.4. The zero-order valence-electron chi connectivity index (χ0n) is 11.9. The van der Waals surface area contributed by atoms with Gasteiger partial charge in [0.05, 0.1) is 0 Å². The third-order valence-electron chi connectivity index (χ3n) is 4.00. The van der Waals surface area contributed by atoms with Crippen LogP contribution >= 0.6 is 24.8 Å². The number of piperazine rings is 1. The van der Waals surface area contributed by atoms with Crippen LogP contribution in [0.25, 0.3) is 0 Å². The highest BCUT2D eigenvalue weighted by Gasteiger charge is 2.34. The van der Waals surface area contributed by atoms with Crippen molar-refractivity contribution in [3.8, 4) is 0 Å². The minimum Gasteiger partial charge on any atom is -0.337 e. The van der Waals surface area contributed by atoms with E-state index >= 15 is 0 Å². The molecule has 0 bridgehead atoms. The maximum absolute atomic E-state index is 12.1. The summed E-state index contributed by atoms with van der Waals surface area (Å²) in [4.78, 5) is 16.7. The lowest BCUT2D eigenvalue weighted by Crippen LogP contribution is -2.60. The van der Waals surface area contributed by atoms with Gasteiger partial charge in [0.15, 0.2) is 0 Å². The lowest BCUT2D eigenvalue weighted by Gasteiger charge is -2.47. The monoisotopic (exact) mass is 311 g/mol. The van der Waals surface area contributed by atoms with E-state index < -0.39 is 0 Å². The van der Waals surface area contributed by atoms with Gasteiger partial charge in [-0.2, -0.15) is 0 Å². The molecule has 114 valence electrons. The molecule has 2 N–H and O–H groups in total. The summed E-state index contributed by atoms with van der Waals surface area (Å²) in [6, 6.07) is 0.909. The van der Waals surface area contributed by atoms with Gasteiger partial charge in [-0.15, -0.1) is 24.8 Å². The molecule has 2 heterocycles. The van der Waals surface area contributed by atoms with E-state index in [1.54, 1.807) is 0 Å². The fourth-order valence-corrected chi connectivity index (χ4v) is 3.09. The summed E-state index contributed by atoms with van der Waals surface area (Å²) in [6.07, 6.45) is 4.35. The molecule has 4 nitrogen and oxygen atoms in total. The Hall–Kier alpha value is -0.0300. The molecule has 19 heavy (non-hydrogen) atoms. The summed E-state index contributed by atoms with van der Waals surface area (Å²) in [5, 5.41) is 0. The van der Waals surface area contributed by atoms with Gasteiger partial charge in [0.25, 0.3) is 0 Å². The molecule has 3 atom stereocenters.